The Labute approximate surface area is 86.2 Å². The Balaban J connectivity index is 4.08. The molecule has 0 bridgehead atoms. The zero-order valence-electron chi connectivity index (χ0n) is 9.37. The van der Waals surface area contributed by atoms with E-state index in [1.165, 1.54) is 0 Å². The van der Waals surface area contributed by atoms with Crippen LogP contribution in [0, 0.1) is 0 Å². The molecule has 0 fully saturated rings. The van der Waals surface area contributed by atoms with Gasteiger partial charge in [-0.15, -0.1) is 0 Å². The molecule has 78 valence electrons. The van der Waals surface area contributed by atoms with Crippen molar-refractivity contribution in [3.8, 4) is 0 Å². The summed E-state index contributed by atoms with van der Waals surface area (Å²) in [6, 6.07) is 0. The van der Waals surface area contributed by atoms with E-state index in [9.17, 15) is 0 Å². The minimum absolute atomic E-state index is 0.996. The maximum absolute atomic E-state index is 4.27. The molecular weight excluding hydrogens is 182 g/mol. The van der Waals surface area contributed by atoms with Gasteiger partial charge in [-0.3, -0.25) is 4.99 Å². The van der Waals surface area contributed by atoms with E-state index in [2.05, 4.69) is 42.1 Å². The van der Waals surface area contributed by atoms with E-state index in [1.54, 1.807) is 0 Å². The van der Waals surface area contributed by atoms with Crippen molar-refractivity contribution < 1.29 is 0 Å². The Kier molecular flexibility index (Phi) is 6.86. The van der Waals surface area contributed by atoms with E-state index in [0.717, 1.165) is 24.8 Å². The number of guanidine groups is 1. The average molecular weight is 203 g/mol. The second kappa shape index (κ2) is 7.06. The standard InChI is InChI=1S/C9H21N3S/c1-6-11(3)9(10-2)12(4)7-8-13-5/h6-8H2,1-5H3/b10-9-. The number of nitrogens with zero attached hydrogens (tertiary/aromatic N) is 3. The Morgan fingerprint density at radius 1 is 1.31 bits per heavy atom. The van der Waals surface area contributed by atoms with E-state index in [0.29, 0.717) is 0 Å². The zero-order valence-corrected chi connectivity index (χ0v) is 10.2. The molecule has 0 aromatic carbocycles. The van der Waals surface area contributed by atoms with Crippen molar-refractivity contribution in [3.63, 3.8) is 0 Å². The monoisotopic (exact) mass is 203 g/mol. The Hall–Kier alpha value is -0.380. The van der Waals surface area contributed by atoms with Crippen LogP contribution in [0.4, 0.5) is 0 Å². The van der Waals surface area contributed by atoms with Crippen LogP contribution in [0.15, 0.2) is 4.99 Å². The molecule has 0 atom stereocenters. The molecule has 0 spiro atoms. The third-order valence-corrected chi connectivity index (χ3v) is 2.58. The van der Waals surface area contributed by atoms with Crippen molar-refractivity contribution in [2.45, 2.75) is 6.92 Å². The lowest BCUT2D eigenvalue weighted by molar-refractivity contribution is 0.412. The maximum Gasteiger partial charge on any atom is 0.195 e. The largest absolute Gasteiger partial charge is 0.346 e. The van der Waals surface area contributed by atoms with Crippen LogP contribution in [0.1, 0.15) is 6.92 Å². The van der Waals surface area contributed by atoms with Crippen molar-refractivity contribution in [1.29, 1.82) is 0 Å². The Morgan fingerprint density at radius 2 is 1.92 bits per heavy atom. The highest BCUT2D eigenvalue weighted by Crippen LogP contribution is 1.97. The van der Waals surface area contributed by atoms with Crippen molar-refractivity contribution in [2.24, 2.45) is 4.99 Å². The van der Waals surface area contributed by atoms with Gasteiger partial charge in [0, 0.05) is 40.0 Å². The van der Waals surface area contributed by atoms with Gasteiger partial charge in [-0.2, -0.15) is 11.8 Å². The minimum Gasteiger partial charge on any atom is -0.346 e. The predicted octanol–water partition coefficient (Wildman–Crippen LogP) is 1.22. The van der Waals surface area contributed by atoms with Crippen LogP contribution in [0.3, 0.4) is 0 Å². The van der Waals surface area contributed by atoms with Crippen molar-refractivity contribution >= 4 is 17.7 Å². The van der Waals surface area contributed by atoms with Crippen LogP contribution in [0.2, 0.25) is 0 Å². The topological polar surface area (TPSA) is 18.8 Å². The van der Waals surface area contributed by atoms with Gasteiger partial charge in [0.1, 0.15) is 0 Å². The fourth-order valence-corrected chi connectivity index (χ4v) is 1.56. The summed E-state index contributed by atoms with van der Waals surface area (Å²) in [5.41, 5.74) is 0. The molecular formula is C9H21N3S. The summed E-state index contributed by atoms with van der Waals surface area (Å²) in [5, 5.41) is 0. The quantitative estimate of drug-likeness (QED) is 0.506. The molecule has 3 nitrogen and oxygen atoms in total. The van der Waals surface area contributed by atoms with Crippen molar-refractivity contribution in [3.05, 3.63) is 0 Å². The van der Waals surface area contributed by atoms with E-state index < -0.39 is 0 Å². The van der Waals surface area contributed by atoms with Crippen LogP contribution >= 0.6 is 11.8 Å². The molecule has 0 unspecified atom stereocenters. The highest BCUT2D eigenvalue weighted by molar-refractivity contribution is 7.98. The lowest BCUT2D eigenvalue weighted by Crippen LogP contribution is -2.41. The van der Waals surface area contributed by atoms with Gasteiger partial charge >= 0.3 is 0 Å². The first kappa shape index (κ1) is 12.6. The highest BCUT2D eigenvalue weighted by atomic mass is 32.2. The van der Waals surface area contributed by atoms with Crippen LogP contribution in [-0.2, 0) is 0 Å². The van der Waals surface area contributed by atoms with Gasteiger partial charge in [0.25, 0.3) is 0 Å². The second-order valence-corrected chi connectivity index (χ2v) is 3.94. The SMILES string of the molecule is CCN(C)/C(=N/C)N(C)CCSC. The molecule has 4 heteroatoms. The van der Waals surface area contributed by atoms with Gasteiger partial charge in [0.05, 0.1) is 0 Å². The number of aliphatic imine (C=N–C) groups is 1. The molecule has 0 aliphatic carbocycles. The fourth-order valence-electron chi connectivity index (χ4n) is 1.10. The number of hydrogen-bond acceptors (Lipinski definition) is 2. The fraction of sp³-hybridized carbons (Fsp3) is 0.889. The molecule has 0 N–H and O–H groups in total. The molecule has 0 aromatic heterocycles. The Bertz CT molecular complexity index is 159. The number of rotatable bonds is 4. The number of hydrogen-bond donors (Lipinski definition) is 0. The molecule has 0 amide bonds. The summed E-state index contributed by atoms with van der Waals surface area (Å²) in [7, 11) is 6.00. The van der Waals surface area contributed by atoms with Gasteiger partial charge < -0.3 is 9.80 Å². The molecule has 0 rings (SSSR count). The van der Waals surface area contributed by atoms with Crippen LogP contribution in [0.5, 0.6) is 0 Å². The van der Waals surface area contributed by atoms with Gasteiger partial charge in [0.15, 0.2) is 5.96 Å². The first-order valence-corrected chi connectivity index (χ1v) is 5.94. The lowest BCUT2D eigenvalue weighted by Gasteiger charge is -2.27. The highest BCUT2D eigenvalue weighted by Gasteiger charge is 2.08. The normalized spacial score (nSPS) is 11.6. The number of thioether (sulfide) groups is 1. The third-order valence-electron chi connectivity index (χ3n) is 1.99. The summed E-state index contributed by atoms with van der Waals surface area (Å²) in [4.78, 5) is 8.62. The van der Waals surface area contributed by atoms with Gasteiger partial charge in [-0.05, 0) is 13.2 Å². The first-order chi connectivity index (χ1) is 6.17. The molecule has 0 aliphatic heterocycles. The summed E-state index contributed by atoms with van der Waals surface area (Å²) in [6.45, 7) is 4.18. The van der Waals surface area contributed by atoms with E-state index in [-0.39, 0.29) is 0 Å². The molecule has 0 saturated heterocycles. The summed E-state index contributed by atoms with van der Waals surface area (Å²) < 4.78 is 0. The minimum atomic E-state index is 0.996. The van der Waals surface area contributed by atoms with Crippen LogP contribution in [-0.4, -0.2) is 62.0 Å². The van der Waals surface area contributed by atoms with Gasteiger partial charge in [-0.1, -0.05) is 0 Å². The third kappa shape index (κ3) is 4.41. The van der Waals surface area contributed by atoms with Crippen molar-refractivity contribution in [1.82, 2.24) is 9.80 Å². The zero-order chi connectivity index (χ0) is 10.3. The Morgan fingerprint density at radius 3 is 2.31 bits per heavy atom. The molecule has 0 aromatic rings. The van der Waals surface area contributed by atoms with Crippen molar-refractivity contribution in [2.75, 3.05) is 46.2 Å². The van der Waals surface area contributed by atoms with E-state index in [4.69, 9.17) is 0 Å². The smallest absolute Gasteiger partial charge is 0.195 e. The van der Waals surface area contributed by atoms with E-state index >= 15 is 0 Å². The molecule has 0 heterocycles. The van der Waals surface area contributed by atoms with Crippen LogP contribution < -0.4 is 0 Å². The summed E-state index contributed by atoms with van der Waals surface area (Å²) in [5.74, 6) is 2.21. The molecule has 13 heavy (non-hydrogen) atoms. The van der Waals surface area contributed by atoms with Gasteiger partial charge in [0.2, 0.25) is 0 Å². The van der Waals surface area contributed by atoms with Crippen LogP contribution in [0.25, 0.3) is 0 Å². The first-order valence-electron chi connectivity index (χ1n) is 4.55. The predicted molar refractivity (Wildman–Crippen MR) is 62.7 cm³/mol. The summed E-state index contributed by atoms with van der Waals surface area (Å²) in [6.07, 6.45) is 2.13. The summed E-state index contributed by atoms with van der Waals surface area (Å²) >= 11 is 1.86. The maximum atomic E-state index is 4.27. The molecule has 0 saturated carbocycles. The molecule has 0 aliphatic rings. The van der Waals surface area contributed by atoms with E-state index in [1.807, 2.05) is 18.8 Å². The lowest BCUT2D eigenvalue weighted by atomic mass is 10.5. The average Bonchev–Trinajstić information content (AvgIpc) is 2.15. The van der Waals surface area contributed by atoms with Gasteiger partial charge in [-0.25, -0.2) is 0 Å². The second-order valence-electron chi connectivity index (χ2n) is 2.95. The molecule has 0 radical (unpaired) electrons.